The van der Waals surface area contributed by atoms with Crippen molar-refractivity contribution in [2.75, 3.05) is 13.1 Å². The fourth-order valence-corrected chi connectivity index (χ4v) is 2.88. The molecule has 1 saturated heterocycles. The molecule has 1 spiro atoms. The molecule has 0 aromatic rings. The average molecular weight is 228 g/mol. The number of carbonyl (C=O) groups excluding carboxylic acids is 1. The Morgan fingerprint density at radius 1 is 1.44 bits per heavy atom. The summed E-state index contributed by atoms with van der Waals surface area (Å²) in [6.45, 7) is 2.34. The van der Waals surface area contributed by atoms with E-state index in [1.807, 2.05) is 0 Å². The largest absolute Gasteiger partial charge is 0.438 e. The lowest BCUT2D eigenvalue weighted by Crippen LogP contribution is -2.58. The van der Waals surface area contributed by atoms with E-state index in [9.17, 15) is 9.90 Å². The normalized spacial score (nSPS) is 33.2. The molecule has 16 heavy (non-hydrogen) atoms. The fraction of sp³-hybridized carbons (Fsp3) is 0.909. The Kier molecular flexibility index (Phi) is 2.84. The van der Waals surface area contributed by atoms with E-state index in [1.165, 1.54) is 4.90 Å². The minimum Gasteiger partial charge on any atom is -0.438 e. The molecule has 5 heteroatoms. The van der Waals surface area contributed by atoms with Crippen molar-refractivity contribution in [2.45, 2.75) is 50.4 Å². The highest BCUT2D eigenvalue weighted by Crippen LogP contribution is 2.46. The number of carbonyl (C=O) groups is 1. The Labute approximate surface area is 95.5 Å². The van der Waals surface area contributed by atoms with Crippen LogP contribution in [-0.2, 0) is 4.74 Å². The third kappa shape index (κ3) is 1.50. The molecule has 1 saturated carbocycles. The molecule has 0 aromatic heterocycles. The van der Waals surface area contributed by atoms with Crippen LogP contribution >= 0.6 is 0 Å². The summed E-state index contributed by atoms with van der Waals surface area (Å²) in [5.74, 6) is 0. The predicted octanol–water partition coefficient (Wildman–Crippen LogP) is 0.809. The van der Waals surface area contributed by atoms with E-state index in [-0.39, 0.29) is 0 Å². The Balaban J connectivity index is 2.25. The molecule has 0 bridgehead atoms. The fourth-order valence-electron chi connectivity index (χ4n) is 2.88. The summed E-state index contributed by atoms with van der Waals surface area (Å²) in [6, 6.07) is 0. The summed E-state index contributed by atoms with van der Waals surface area (Å²) < 4.78 is 5.45. The van der Waals surface area contributed by atoms with E-state index in [1.54, 1.807) is 6.92 Å². The summed E-state index contributed by atoms with van der Waals surface area (Å²) in [7, 11) is 0. The molecule has 1 heterocycles. The van der Waals surface area contributed by atoms with Crippen molar-refractivity contribution in [1.82, 2.24) is 4.90 Å². The first kappa shape index (κ1) is 11.7. The van der Waals surface area contributed by atoms with Gasteiger partial charge in [0, 0.05) is 13.1 Å². The van der Waals surface area contributed by atoms with Gasteiger partial charge in [0.1, 0.15) is 0 Å². The number of hydrogen-bond donors (Lipinski definition) is 2. The second kappa shape index (κ2) is 3.89. The molecular weight excluding hydrogens is 208 g/mol. The first-order valence-electron chi connectivity index (χ1n) is 5.96. The Morgan fingerprint density at radius 2 is 2.06 bits per heavy atom. The zero-order valence-corrected chi connectivity index (χ0v) is 9.74. The minimum atomic E-state index is -1.22. The molecule has 1 atom stereocenters. The maximum atomic E-state index is 11.7. The summed E-state index contributed by atoms with van der Waals surface area (Å²) in [6.07, 6.45) is 4.20. The first-order valence-corrected chi connectivity index (χ1v) is 5.96. The van der Waals surface area contributed by atoms with Gasteiger partial charge in [-0.15, -0.1) is 0 Å². The summed E-state index contributed by atoms with van der Waals surface area (Å²) in [5, 5.41) is 10.6. The highest BCUT2D eigenvalue weighted by atomic mass is 16.6. The summed E-state index contributed by atoms with van der Waals surface area (Å²) in [4.78, 5) is 13.1. The van der Waals surface area contributed by atoms with Crippen molar-refractivity contribution >= 4 is 6.09 Å². The van der Waals surface area contributed by atoms with E-state index >= 15 is 0 Å². The van der Waals surface area contributed by atoms with E-state index in [2.05, 4.69) is 0 Å². The molecule has 1 unspecified atom stereocenters. The number of ether oxygens (including phenoxy) is 1. The Bertz CT molecular complexity index is 285. The van der Waals surface area contributed by atoms with Crippen LogP contribution in [0.3, 0.4) is 0 Å². The van der Waals surface area contributed by atoms with Crippen LogP contribution in [0.2, 0.25) is 0 Å². The van der Waals surface area contributed by atoms with Gasteiger partial charge in [-0.25, -0.2) is 4.79 Å². The van der Waals surface area contributed by atoms with Gasteiger partial charge in [0.15, 0.2) is 11.3 Å². The highest BCUT2D eigenvalue weighted by molar-refractivity contribution is 5.72. The van der Waals surface area contributed by atoms with Crippen LogP contribution in [0.25, 0.3) is 0 Å². The van der Waals surface area contributed by atoms with Crippen LogP contribution in [0.15, 0.2) is 0 Å². The molecule has 5 nitrogen and oxygen atoms in total. The maximum absolute atomic E-state index is 11.7. The Morgan fingerprint density at radius 3 is 2.62 bits per heavy atom. The van der Waals surface area contributed by atoms with E-state index in [0.717, 1.165) is 32.1 Å². The molecular formula is C11H20N2O3. The van der Waals surface area contributed by atoms with Crippen LogP contribution in [-0.4, -0.2) is 40.5 Å². The molecule has 0 aromatic carbocycles. The minimum absolute atomic E-state index is 0.335. The van der Waals surface area contributed by atoms with Gasteiger partial charge in [-0.05, 0) is 32.6 Å². The number of amides is 1. The summed E-state index contributed by atoms with van der Waals surface area (Å²) in [5.41, 5.74) is 3.52. The number of aliphatic hydroxyl groups is 1. The van der Waals surface area contributed by atoms with Crippen LogP contribution in [0, 0.1) is 0 Å². The lowest BCUT2D eigenvalue weighted by atomic mass is 9.77. The number of hydrogen-bond acceptors (Lipinski definition) is 4. The van der Waals surface area contributed by atoms with Crippen LogP contribution in [0.1, 0.15) is 39.0 Å². The second-order valence-corrected chi connectivity index (χ2v) is 4.88. The molecule has 92 valence electrons. The van der Waals surface area contributed by atoms with Gasteiger partial charge in [0.2, 0.25) is 0 Å². The zero-order chi connectivity index (χ0) is 11.8. The van der Waals surface area contributed by atoms with Gasteiger partial charge < -0.3 is 15.6 Å². The molecule has 0 radical (unpaired) electrons. The van der Waals surface area contributed by atoms with Gasteiger partial charge >= 0.3 is 6.09 Å². The lowest BCUT2D eigenvalue weighted by molar-refractivity contribution is -0.158. The first-order chi connectivity index (χ1) is 7.53. The van der Waals surface area contributed by atoms with Gasteiger partial charge in [-0.2, -0.15) is 0 Å². The molecule has 1 aliphatic heterocycles. The van der Waals surface area contributed by atoms with E-state index < -0.39 is 17.4 Å². The second-order valence-electron chi connectivity index (χ2n) is 4.88. The molecule has 1 amide bonds. The quantitative estimate of drug-likeness (QED) is 0.733. The maximum Gasteiger partial charge on any atom is 0.412 e. The van der Waals surface area contributed by atoms with Crippen molar-refractivity contribution in [3.8, 4) is 0 Å². The van der Waals surface area contributed by atoms with Crippen molar-refractivity contribution in [3.05, 3.63) is 0 Å². The lowest BCUT2D eigenvalue weighted by Gasteiger charge is -2.42. The monoisotopic (exact) mass is 228 g/mol. The van der Waals surface area contributed by atoms with E-state index in [0.29, 0.717) is 13.1 Å². The van der Waals surface area contributed by atoms with Crippen molar-refractivity contribution in [1.29, 1.82) is 0 Å². The van der Waals surface area contributed by atoms with Crippen molar-refractivity contribution in [3.63, 3.8) is 0 Å². The SMILES string of the molecule is CC1(O)N(CCN)C(=O)OC12CCCCC2. The third-order valence-corrected chi connectivity index (χ3v) is 3.91. The summed E-state index contributed by atoms with van der Waals surface area (Å²) >= 11 is 0. The van der Waals surface area contributed by atoms with Gasteiger partial charge in [-0.1, -0.05) is 6.42 Å². The third-order valence-electron chi connectivity index (χ3n) is 3.91. The van der Waals surface area contributed by atoms with Crippen LogP contribution in [0.4, 0.5) is 4.79 Å². The van der Waals surface area contributed by atoms with E-state index in [4.69, 9.17) is 10.5 Å². The molecule has 3 N–H and O–H groups in total. The van der Waals surface area contributed by atoms with Crippen molar-refractivity contribution < 1.29 is 14.6 Å². The Hall–Kier alpha value is -0.810. The predicted molar refractivity (Wildman–Crippen MR) is 58.7 cm³/mol. The van der Waals surface area contributed by atoms with Crippen LogP contribution < -0.4 is 5.73 Å². The standard InChI is InChI=1S/C11H20N2O3/c1-10(15)11(5-3-2-4-6-11)16-9(14)13(10)8-7-12/h15H,2-8,12H2,1H3. The molecule has 2 rings (SSSR count). The van der Waals surface area contributed by atoms with Gasteiger partial charge in [0.25, 0.3) is 0 Å². The highest BCUT2D eigenvalue weighted by Gasteiger charge is 2.61. The van der Waals surface area contributed by atoms with Gasteiger partial charge in [0.05, 0.1) is 0 Å². The van der Waals surface area contributed by atoms with Crippen LogP contribution in [0.5, 0.6) is 0 Å². The van der Waals surface area contributed by atoms with Gasteiger partial charge in [-0.3, -0.25) is 4.90 Å². The number of nitrogens with two attached hydrogens (primary N) is 1. The van der Waals surface area contributed by atoms with Crippen molar-refractivity contribution in [2.24, 2.45) is 5.73 Å². The number of rotatable bonds is 2. The molecule has 2 fully saturated rings. The number of nitrogens with zero attached hydrogens (tertiary/aromatic N) is 1. The molecule has 1 aliphatic carbocycles. The zero-order valence-electron chi connectivity index (χ0n) is 9.74. The molecule has 2 aliphatic rings. The topological polar surface area (TPSA) is 75.8 Å². The average Bonchev–Trinajstić information content (AvgIpc) is 2.41. The smallest absolute Gasteiger partial charge is 0.412 e.